The standard InChI is InChI=1S/C17H21N7O/c1-21-10-6-14(20-21)16(25)23-8-4-9-24(12-11-23)17-19-13-5-3-7-18-15(13)22(17)2/h3,5-7,10H,4,8-9,11-12H2,1-2H3. The van der Waals surface area contributed by atoms with Crippen LogP contribution in [0.25, 0.3) is 11.2 Å². The van der Waals surface area contributed by atoms with Crippen LogP contribution in [0, 0.1) is 0 Å². The Labute approximate surface area is 145 Å². The van der Waals surface area contributed by atoms with Crippen LogP contribution < -0.4 is 4.90 Å². The molecule has 0 atom stereocenters. The van der Waals surface area contributed by atoms with E-state index >= 15 is 0 Å². The molecule has 0 aliphatic carbocycles. The number of aromatic nitrogens is 5. The lowest BCUT2D eigenvalue weighted by Gasteiger charge is -2.22. The Balaban J connectivity index is 1.52. The smallest absolute Gasteiger partial charge is 0.274 e. The first kappa shape index (κ1) is 15.6. The van der Waals surface area contributed by atoms with Crippen LogP contribution in [0.5, 0.6) is 0 Å². The summed E-state index contributed by atoms with van der Waals surface area (Å²) in [5, 5.41) is 4.22. The van der Waals surface area contributed by atoms with Crippen molar-refractivity contribution in [3.05, 3.63) is 36.3 Å². The van der Waals surface area contributed by atoms with E-state index in [9.17, 15) is 4.79 Å². The largest absolute Gasteiger partial charge is 0.340 e. The maximum Gasteiger partial charge on any atom is 0.274 e. The Kier molecular flexibility index (Phi) is 3.87. The number of carbonyl (C=O) groups is 1. The van der Waals surface area contributed by atoms with E-state index < -0.39 is 0 Å². The summed E-state index contributed by atoms with van der Waals surface area (Å²) in [6.45, 7) is 3.00. The molecule has 1 amide bonds. The third-order valence-corrected chi connectivity index (χ3v) is 4.60. The van der Waals surface area contributed by atoms with Crippen molar-refractivity contribution in [2.45, 2.75) is 6.42 Å². The Morgan fingerprint density at radius 2 is 2.00 bits per heavy atom. The highest BCUT2D eigenvalue weighted by molar-refractivity contribution is 5.92. The fourth-order valence-electron chi connectivity index (χ4n) is 3.31. The Bertz CT molecular complexity index is 913. The van der Waals surface area contributed by atoms with Gasteiger partial charge in [0.15, 0.2) is 5.65 Å². The van der Waals surface area contributed by atoms with Crippen LogP contribution in [0.15, 0.2) is 30.6 Å². The summed E-state index contributed by atoms with van der Waals surface area (Å²) >= 11 is 0. The van der Waals surface area contributed by atoms with Crippen molar-refractivity contribution in [3.63, 3.8) is 0 Å². The zero-order valence-corrected chi connectivity index (χ0v) is 14.5. The van der Waals surface area contributed by atoms with E-state index in [-0.39, 0.29) is 5.91 Å². The average Bonchev–Trinajstić information content (AvgIpc) is 3.10. The van der Waals surface area contributed by atoms with Crippen LogP contribution >= 0.6 is 0 Å². The van der Waals surface area contributed by atoms with Gasteiger partial charge in [-0.05, 0) is 24.6 Å². The van der Waals surface area contributed by atoms with Gasteiger partial charge in [0.1, 0.15) is 11.2 Å². The van der Waals surface area contributed by atoms with Crippen molar-refractivity contribution in [3.8, 4) is 0 Å². The highest BCUT2D eigenvalue weighted by Crippen LogP contribution is 2.21. The van der Waals surface area contributed by atoms with Crippen molar-refractivity contribution < 1.29 is 4.79 Å². The van der Waals surface area contributed by atoms with Crippen LogP contribution in [-0.4, -0.2) is 61.3 Å². The second-order valence-corrected chi connectivity index (χ2v) is 6.32. The van der Waals surface area contributed by atoms with Gasteiger partial charge in [-0.25, -0.2) is 9.97 Å². The van der Waals surface area contributed by atoms with Gasteiger partial charge in [0.05, 0.1) is 0 Å². The molecule has 0 spiro atoms. The Morgan fingerprint density at radius 1 is 1.12 bits per heavy atom. The lowest BCUT2D eigenvalue weighted by Crippen LogP contribution is -2.36. The number of anilines is 1. The third kappa shape index (κ3) is 2.84. The van der Waals surface area contributed by atoms with Gasteiger partial charge in [0.25, 0.3) is 5.91 Å². The van der Waals surface area contributed by atoms with Crippen LogP contribution in [0.4, 0.5) is 5.95 Å². The number of fused-ring (bicyclic) bond motifs is 1. The second-order valence-electron chi connectivity index (χ2n) is 6.32. The molecule has 4 rings (SSSR count). The van der Waals surface area contributed by atoms with E-state index in [1.807, 2.05) is 35.7 Å². The number of amides is 1. The van der Waals surface area contributed by atoms with Gasteiger partial charge in [-0.2, -0.15) is 5.10 Å². The molecule has 0 bridgehead atoms. The van der Waals surface area contributed by atoms with Crippen LogP contribution in [0.3, 0.4) is 0 Å². The van der Waals surface area contributed by atoms with Crippen molar-refractivity contribution >= 4 is 23.0 Å². The first-order valence-corrected chi connectivity index (χ1v) is 8.45. The van der Waals surface area contributed by atoms with Gasteiger partial charge in [0.2, 0.25) is 5.95 Å². The van der Waals surface area contributed by atoms with Crippen LogP contribution in [0.2, 0.25) is 0 Å². The highest BCUT2D eigenvalue weighted by Gasteiger charge is 2.24. The van der Waals surface area contributed by atoms with E-state index in [1.54, 1.807) is 23.1 Å². The Hall–Kier alpha value is -2.90. The van der Waals surface area contributed by atoms with E-state index in [0.29, 0.717) is 12.2 Å². The molecule has 25 heavy (non-hydrogen) atoms. The zero-order chi connectivity index (χ0) is 17.4. The number of hydrogen-bond donors (Lipinski definition) is 0. The molecule has 4 heterocycles. The molecule has 130 valence electrons. The number of carbonyl (C=O) groups excluding carboxylic acids is 1. The molecule has 0 N–H and O–H groups in total. The number of rotatable bonds is 2. The van der Waals surface area contributed by atoms with E-state index in [2.05, 4.69) is 15.0 Å². The number of aryl methyl sites for hydroxylation is 2. The quantitative estimate of drug-likeness (QED) is 0.698. The van der Waals surface area contributed by atoms with Gasteiger partial charge in [0, 0.05) is 52.7 Å². The molecule has 1 fully saturated rings. The molecule has 8 heteroatoms. The zero-order valence-electron chi connectivity index (χ0n) is 14.5. The lowest BCUT2D eigenvalue weighted by atomic mass is 10.3. The van der Waals surface area contributed by atoms with Crippen LogP contribution in [0.1, 0.15) is 16.9 Å². The lowest BCUT2D eigenvalue weighted by molar-refractivity contribution is 0.0760. The summed E-state index contributed by atoms with van der Waals surface area (Å²) in [5.41, 5.74) is 2.27. The summed E-state index contributed by atoms with van der Waals surface area (Å²) in [4.78, 5) is 25.8. The number of nitrogens with zero attached hydrogens (tertiary/aromatic N) is 7. The molecule has 0 unspecified atom stereocenters. The number of hydrogen-bond acceptors (Lipinski definition) is 5. The maximum atomic E-state index is 12.6. The predicted molar refractivity (Wildman–Crippen MR) is 94.5 cm³/mol. The molecule has 0 saturated carbocycles. The van der Waals surface area contributed by atoms with E-state index in [1.165, 1.54) is 0 Å². The van der Waals surface area contributed by atoms with E-state index in [0.717, 1.165) is 43.2 Å². The van der Waals surface area contributed by atoms with Gasteiger partial charge < -0.3 is 9.80 Å². The monoisotopic (exact) mass is 339 g/mol. The predicted octanol–water partition coefficient (Wildman–Crippen LogP) is 1.05. The highest BCUT2D eigenvalue weighted by atomic mass is 16.2. The van der Waals surface area contributed by atoms with Crippen molar-refractivity contribution in [2.75, 3.05) is 31.1 Å². The summed E-state index contributed by atoms with van der Waals surface area (Å²) in [7, 11) is 3.81. The normalized spacial score (nSPS) is 15.6. The van der Waals surface area contributed by atoms with Gasteiger partial charge in [-0.3, -0.25) is 14.0 Å². The maximum absolute atomic E-state index is 12.6. The molecule has 3 aromatic rings. The van der Waals surface area contributed by atoms with E-state index in [4.69, 9.17) is 4.98 Å². The fraction of sp³-hybridized carbons (Fsp3) is 0.412. The molecular formula is C17H21N7O. The first-order valence-electron chi connectivity index (χ1n) is 8.45. The number of imidazole rings is 1. The molecular weight excluding hydrogens is 318 g/mol. The topological polar surface area (TPSA) is 72.1 Å². The SMILES string of the molecule is Cn1ccc(C(=O)N2CCCN(c3nc4cccnc4n3C)CC2)n1. The minimum Gasteiger partial charge on any atom is -0.340 e. The molecule has 3 aromatic heterocycles. The summed E-state index contributed by atoms with van der Waals surface area (Å²) in [6.07, 6.45) is 4.47. The molecule has 1 aliphatic heterocycles. The van der Waals surface area contributed by atoms with Gasteiger partial charge in [-0.1, -0.05) is 0 Å². The minimum absolute atomic E-state index is 0.00545. The van der Waals surface area contributed by atoms with Crippen molar-refractivity contribution in [1.29, 1.82) is 0 Å². The number of pyridine rings is 1. The molecule has 0 aromatic carbocycles. The van der Waals surface area contributed by atoms with Crippen molar-refractivity contribution in [1.82, 2.24) is 29.2 Å². The molecule has 0 radical (unpaired) electrons. The van der Waals surface area contributed by atoms with Gasteiger partial charge in [-0.15, -0.1) is 0 Å². The minimum atomic E-state index is -0.00545. The first-order chi connectivity index (χ1) is 12.1. The van der Waals surface area contributed by atoms with Crippen LogP contribution in [-0.2, 0) is 14.1 Å². The summed E-state index contributed by atoms with van der Waals surface area (Å²) < 4.78 is 3.68. The summed E-state index contributed by atoms with van der Waals surface area (Å²) in [6, 6.07) is 5.64. The molecule has 8 nitrogen and oxygen atoms in total. The third-order valence-electron chi connectivity index (χ3n) is 4.60. The fourth-order valence-corrected chi connectivity index (χ4v) is 3.31. The van der Waals surface area contributed by atoms with Crippen molar-refractivity contribution in [2.24, 2.45) is 14.1 Å². The summed E-state index contributed by atoms with van der Waals surface area (Å²) in [5.74, 6) is 0.898. The molecule has 1 saturated heterocycles. The van der Waals surface area contributed by atoms with Gasteiger partial charge >= 0.3 is 0 Å². The molecule has 1 aliphatic rings. The second kappa shape index (κ2) is 6.19. The Morgan fingerprint density at radius 3 is 2.76 bits per heavy atom. The average molecular weight is 339 g/mol.